The zero-order valence-corrected chi connectivity index (χ0v) is 16.3. The van der Waals surface area contributed by atoms with Gasteiger partial charge in [-0.1, -0.05) is 13.8 Å². The van der Waals surface area contributed by atoms with E-state index in [9.17, 15) is 13.6 Å². The molecule has 0 unspecified atom stereocenters. The third kappa shape index (κ3) is 4.03. The number of alkyl halides is 2. The minimum atomic E-state index is -2.67. The highest BCUT2D eigenvalue weighted by molar-refractivity contribution is 5.97. The van der Waals surface area contributed by atoms with E-state index >= 15 is 0 Å². The molecule has 0 spiro atoms. The lowest BCUT2D eigenvalue weighted by molar-refractivity contribution is -0.0494. The Hall–Kier alpha value is -2.83. The van der Waals surface area contributed by atoms with Crippen LogP contribution in [0.15, 0.2) is 42.9 Å². The average Bonchev–Trinajstić information content (AvgIpc) is 3.13. The van der Waals surface area contributed by atoms with E-state index in [1.807, 2.05) is 49.7 Å². The van der Waals surface area contributed by atoms with E-state index in [1.54, 1.807) is 12.3 Å². The van der Waals surface area contributed by atoms with Crippen LogP contribution in [0.4, 0.5) is 8.78 Å². The average molecular weight is 386 g/mol. The number of nitrogens with zero attached hydrogens (tertiary/aromatic N) is 4. The summed E-state index contributed by atoms with van der Waals surface area (Å²) in [5, 5.41) is 0.818. The molecule has 4 heterocycles. The van der Waals surface area contributed by atoms with E-state index in [-0.39, 0.29) is 31.8 Å². The van der Waals surface area contributed by atoms with Gasteiger partial charge in [0.15, 0.2) is 0 Å². The lowest BCUT2D eigenvalue weighted by Crippen LogP contribution is -2.42. The maximum Gasteiger partial charge on any atom is 0.255 e. The Morgan fingerprint density at radius 2 is 1.79 bits per heavy atom. The zero-order chi connectivity index (χ0) is 20.3. The van der Waals surface area contributed by atoms with Crippen LogP contribution in [0.1, 0.15) is 42.7 Å². The van der Waals surface area contributed by atoms with E-state index in [2.05, 4.69) is 9.97 Å². The molecule has 1 fully saturated rings. The molecule has 0 aliphatic carbocycles. The number of fused-ring (bicyclic) bond motifs is 1. The first-order valence-corrected chi connectivity index (χ1v) is 9.50. The van der Waals surface area contributed by atoms with Gasteiger partial charge >= 0.3 is 0 Å². The van der Waals surface area contributed by atoms with Crippen molar-refractivity contribution in [2.75, 3.05) is 13.1 Å². The van der Waals surface area contributed by atoms with Crippen LogP contribution in [0.3, 0.4) is 0 Å². The molecule has 4 rings (SSSR count). The number of piperidine rings is 1. The fourth-order valence-corrected chi connectivity index (χ4v) is 3.17. The lowest BCUT2D eigenvalue weighted by Gasteiger charge is -2.31. The Morgan fingerprint density at radius 1 is 1.07 bits per heavy atom. The molecule has 1 aliphatic rings. The number of hydrogen-bond donors (Lipinski definition) is 0. The summed E-state index contributed by atoms with van der Waals surface area (Å²) in [6, 6.07) is 7.51. The van der Waals surface area contributed by atoms with Crippen molar-refractivity contribution in [2.45, 2.75) is 39.5 Å². The number of likely N-dealkylation sites (tertiary alicyclic amines) is 1. The first-order chi connectivity index (χ1) is 13.4. The van der Waals surface area contributed by atoms with Gasteiger partial charge in [0.05, 0.1) is 17.4 Å². The molecule has 1 aliphatic heterocycles. The van der Waals surface area contributed by atoms with Gasteiger partial charge in [-0.25, -0.2) is 13.8 Å². The fourth-order valence-electron chi connectivity index (χ4n) is 3.17. The Balaban J connectivity index is 0.00000109. The van der Waals surface area contributed by atoms with E-state index in [1.165, 1.54) is 11.1 Å². The van der Waals surface area contributed by atoms with Gasteiger partial charge in [-0.05, 0) is 31.2 Å². The molecule has 5 nitrogen and oxygen atoms in total. The number of halogens is 2. The van der Waals surface area contributed by atoms with Gasteiger partial charge in [0, 0.05) is 49.4 Å². The second-order valence-corrected chi connectivity index (χ2v) is 6.63. The Bertz CT molecular complexity index is 956. The molecule has 7 heteroatoms. The van der Waals surface area contributed by atoms with Crippen LogP contribution in [0.25, 0.3) is 16.7 Å². The molecule has 0 bridgehead atoms. The molecule has 0 saturated carbocycles. The lowest BCUT2D eigenvalue weighted by atomic mass is 10.1. The highest BCUT2D eigenvalue weighted by atomic mass is 19.3. The largest absolute Gasteiger partial charge is 0.338 e. The maximum atomic E-state index is 13.3. The molecule has 148 valence electrons. The van der Waals surface area contributed by atoms with Gasteiger partial charge in [-0.15, -0.1) is 0 Å². The normalized spacial score (nSPS) is 15.8. The molecule has 1 saturated heterocycles. The maximum absolute atomic E-state index is 13.3. The van der Waals surface area contributed by atoms with Crippen molar-refractivity contribution in [1.82, 2.24) is 19.4 Å². The molecule has 0 radical (unpaired) electrons. The Morgan fingerprint density at radius 3 is 2.43 bits per heavy atom. The molecule has 28 heavy (non-hydrogen) atoms. The van der Waals surface area contributed by atoms with Gasteiger partial charge in [0.25, 0.3) is 11.8 Å². The first kappa shape index (κ1) is 19.9. The van der Waals surface area contributed by atoms with Crippen LogP contribution in [0.5, 0.6) is 0 Å². The van der Waals surface area contributed by atoms with Crippen molar-refractivity contribution < 1.29 is 13.6 Å². The number of rotatable bonds is 2. The van der Waals surface area contributed by atoms with Gasteiger partial charge in [-0.2, -0.15) is 0 Å². The molecular formula is C21H24F2N4O. The van der Waals surface area contributed by atoms with Gasteiger partial charge in [0.1, 0.15) is 5.65 Å². The molecule has 0 aromatic carbocycles. The van der Waals surface area contributed by atoms with Crippen LogP contribution in [-0.4, -0.2) is 44.4 Å². The minimum Gasteiger partial charge on any atom is -0.338 e. The summed E-state index contributed by atoms with van der Waals surface area (Å²) in [5.74, 6) is -2.92. The molecule has 0 atom stereocenters. The summed E-state index contributed by atoms with van der Waals surface area (Å²) in [5.41, 5.74) is 2.95. The van der Waals surface area contributed by atoms with Crippen LogP contribution in [0.2, 0.25) is 0 Å². The van der Waals surface area contributed by atoms with Crippen LogP contribution in [0, 0.1) is 6.92 Å². The fraction of sp³-hybridized carbons (Fsp3) is 0.381. The molecule has 3 aromatic heterocycles. The number of aromatic nitrogens is 3. The monoisotopic (exact) mass is 386 g/mol. The van der Waals surface area contributed by atoms with E-state index in [4.69, 9.17) is 0 Å². The first-order valence-electron chi connectivity index (χ1n) is 9.50. The van der Waals surface area contributed by atoms with E-state index < -0.39 is 5.92 Å². The number of carbonyl (C=O) groups excluding carboxylic acids is 1. The number of amides is 1. The van der Waals surface area contributed by atoms with Gasteiger partial charge in [-0.3, -0.25) is 14.3 Å². The minimum absolute atomic E-state index is 0.0694. The third-order valence-electron chi connectivity index (χ3n) is 4.73. The number of pyridine rings is 2. The topological polar surface area (TPSA) is 51.0 Å². The Labute approximate surface area is 163 Å². The van der Waals surface area contributed by atoms with E-state index in [0.29, 0.717) is 5.56 Å². The molecular weight excluding hydrogens is 362 g/mol. The zero-order valence-electron chi connectivity index (χ0n) is 16.3. The second kappa shape index (κ2) is 8.04. The second-order valence-electron chi connectivity index (χ2n) is 6.63. The molecule has 0 N–H and O–H groups in total. The van der Waals surface area contributed by atoms with Crippen molar-refractivity contribution in [3.05, 3.63) is 54.1 Å². The summed E-state index contributed by atoms with van der Waals surface area (Å²) in [7, 11) is 0. The van der Waals surface area contributed by atoms with Crippen LogP contribution in [-0.2, 0) is 0 Å². The standard InChI is InChI=1S/C19H18F2N4O.C2H6/c1-13-2-3-16(12-22-13)25-7-4-14-10-15(11-23-17(14)25)18(26)24-8-5-19(20,21)6-9-24;1-2/h2-4,7,10-12H,5-6,8-9H2,1H3;1-2H3. The predicted octanol–water partition coefficient (Wildman–Crippen LogP) is 4.63. The van der Waals surface area contributed by atoms with Crippen LogP contribution < -0.4 is 0 Å². The quantitative estimate of drug-likeness (QED) is 0.645. The third-order valence-corrected chi connectivity index (χ3v) is 4.73. The summed E-state index contributed by atoms with van der Waals surface area (Å²) >= 11 is 0. The van der Waals surface area contributed by atoms with Crippen molar-refractivity contribution in [3.63, 3.8) is 0 Å². The SMILES string of the molecule is CC.Cc1ccc(-n2ccc3cc(C(=O)N4CCC(F)(F)CC4)cnc32)cn1. The van der Waals surface area contributed by atoms with Crippen molar-refractivity contribution in [3.8, 4) is 5.69 Å². The van der Waals surface area contributed by atoms with Crippen molar-refractivity contribution in [2.24, 2.45) is 0 Å². The van der Waals surface area contributed by atoms with Crippen LogP contribution >= 0.6 is 0 Å². The predicted molar refractivity (Wildman–Crippen MR) is 105 cm³/mol. The summed E-state index contributed by atoms with van der Waals surface area (Å²) in [6.07, 6.45) is 4.58. The van der Waals surface area contributed by atoms with Gasteiger partial charge < -0.3 is 4.90 Å². The number of hydrogen-bond acceptors (Lipinski definition) is 3. The molecule has 3 aromatic rings. The summed E-state index contributed by atoms with van der Waals surface area (Å²) in [6.45, 7) is 6.06. The van der Waals surface area contributed by atoms with Crippen molar-refractivity contribution in [1.29, 1.82) is 0 Å². The summed E-state index contributed by atoms with van der Waals surface area (Å²) < 4.78 is 28.5. The number of aryl methyl sites for hydroxylation is 1. The summed E-state index contributed by atoms with van der Waals surface area (Å²) in [4.78, 5) is 22.8. The molecule has 1 amide bonds. The van der Waals surface area contributed by atoms with E-state index in [0.717, 1.165) is 22.4 Å². The highest BCUT2D eigenvalue weighted by Gasteiger charge is 2.35. The Kier molecular flexibility index (Phi) is 5.72. The highest BCUT2D eigenvalue weighted by Crippen LogP contribution is 2.28. The smallest absolute Gasteiger partial charge is 0.255 e. The van der Waals surface area contributed by atoms with Crippen molar-refractivity contribution >= 4 is 16.9 Å². The number of carbonyl (C=O) groups is 1. The van der Waals surface area contributed by atoms with Gasteiger partial charge in [0.2, 0.25) is 0 Å².